The molecule has 11 aromatic rings. The first kappa shape index (κ1) is 46.9. The van der Waals surface area contributed by atoms with E-state index in [1.807, 2.05) is 0 Å². The summed E-state index contributed by atoms with van der Waals surface area (Å²) in [6, 6.07) is 78.6. The summed E-state index contributed by atoms with van der Waals surface area (Å²) in [6.07, 6.45) is 0. The Hall–Kier alpha value is -7.96. The topological polar surface area (TPSA) is 6.48 Å². The summed E-state index contributed by atoms with van der Waals surface area (Å²) in [5.74, 6) is 0.828. The predicted octanol–water partition coefficient (Wildman–Crippen LogP) is 18.4. The Morgan fingerprint density at radius 1 is 0.412 bits per heavy atom. The minimum atomic E-state index is -0.515. The van der Waals surface area contributed by atoms with Crippen molar-refractivity contribution in [2.75, 3.05) is 9.80 Å². The maximum Gasteiger partial charge on any atom is 0.277 e. The molecule has 6 aliphatic rings. The second-order valence-corrected chi connectivity index (χ2v) is 27.2. The fraction of sp³-hybridized carbons (Fsp3) is 0.173. The molecule has 2 aliphatic heterocycles. The number of aryl methyl sites for hydroxylation is 1. The van der Waals surface area contributed by atoms with Crippen LogP contribution in [0.2, 0.25) is 0 Å². The largest absolute Gasteiger partial charge is 0.310 e. The van der Waals surface area contributed by atoms with Crippen LogP contribution < -0.4 is 24.8 Å². The van der Waals surface area contributed by atoms with Crippen LogP contribution in [0.3, 0.4) is 0 Å². The minimum Gasteiger partial charge on any atom is -0.310 e. The molecule has 80 heavy (non-hydrogen) atoms. The molecule has 0 fully saturated rings. The van der Waals surface area contributed by atoms with Crippen LogP contribution >= 0.6 is 22.7 Å². The second kappa shape index (κ2) is 16.1. The summed E-state index contributed by atoms with van der Waals surface area (Å²) < 4.78 is 2.86. The van der Waals surface area contributed by atoms with Crippen LogP contribution in [0.15, 0.2) is 200 Å². The smallest absolute Gasteiger partial charge is 0.277 e. The van der Waals surface area contributed by atoms with Crippen molar-refractivity contribution in [3.63, 3.8) is 0 Å². The van der Waals surface area contributed by atoms with Gasteiger partial charge in [-0.3, -0.25) is 0 Å². The van der Waals surface area contributed by atoms with Gasteiger partial charge in [0.15, 0.2) is 0 Å². The van der Waals surface area contributed by atoms with Gasteiger partial charge in [0.25, 0.3) is 6.71 Å². The van der Waals surface area contributed by atoms with E-state index in [1.54, 1.807) is 0 Å². The lowest BCUT2D eigenvalue weighted by atomic mass is 9.39. The van der Waals surface area contributed by atoms with Gasteiger partial charge in [-0.1, -0.05) is 212 Å². The van der Waals surface area contributed by atoms with Gasteiger partial charge in [-0.05, 0) is 155 Å². The van der Waals surface area contributed by atoms with Crippen molar-refractivity contribution >= 4 is 78.5 Å². The monoisotopic (exact) mass is 1060 g/mol. The number of thiophene rings is 2. The number of hydrogen-bond donors (Lipinski definition) is 0. The predicted molar refractivity (Wildman–Crippen MR) is 340 cm³/mol. The second-order valence-electron chi connectivity index (χ2n) is 25.1. The van der Waals surface area contributed by atoms with E-state index >= 15 is 0 Å². The molecule has 0 N–H and O–H groups in total. The maximum absolute atomic E-state index is 2.72. The van der Waals surface area contributed by atoms with Crippen molar-refractivity contribution in [3.05, 3.63) is 266 Å². The number of benzene rings is 9. The third kappa shape index (κ3) is 5.70. The first-order valence-electron chi connectivity index (χ1n) is 28.8. The molecular formula is C75H59BN2S2. The van der Waals surface area contributed by atoms with Gasteiger partial charge < -0.3 is 9.80 Å². The van der Waals surface area contributed by atoms with Crippen LogP contribution in [0.25, 0.3) is 44.5 Å². The lowest BCUT2D eigenvalue weighted by molar-refractivity contribution is 0.588. The molecule has 17 rings (SSSR count). The Morgan fingerprint density at radius 3 is 1.18 bits per heavy atom. The fourth-order valence-electron chi connectivity index (χ4n) is 15.7. The van der Waals surface area contributed by atoms with Crippen molar-refractivity contribution in [2.24, 2.45) is 0 Å². The minimum absolute atomic E-state index is 0.0459. The van der Waals surface area contributed by atoms with E-state index < -0.39 is 10.8 Å². The molecule has 5 heteroatoms. The van der Waals surface area contributed by atoms with Crippen LogP contribution in [0, 0.1) is 6.92 Å². The van der Waals surface area contributed by atoms with Crippen molar-refractivity contribution in [1.29, 1.82) is 0 Å². The fourth-order valence-corrected chi connectivity index (χ4v) is 19.1. The van der Waals surface area contributed by atoms with Crippen LogP contribution in [-0.2, 0) is 16.2 Å². The summed E-state index contributed by atoms with van der Waals surface area (Å²) in [6.45, 7) is 18.6. The van der Waals surface area contributed by atoms with E-state index in [2.05, 4.69) is 288 Å². The summed E-state index contributed by atoms with van der Waals surface area (Å²) in [5.41, 5.74) is 32.4. The highest BCUT2D eigenvalue weighted by Gasteiger charge is 2.60. The Bertz CT molecular complexity index is 4410. The van der Waals surface area contributed by atoms with E-state index in [-0.39, 0.29) is 12.1 Å². The first-order valence-corrected chi connectivity index (χ1v) is 30.5. The zero-order valence-corrected chi connectivity index (χ0v) is 48.1. The molecular weight excluding hydrogens is 1000 g/mol. The van der Waals surface area contributed by atoms with E-state index in [0.29, 0.717) is 11.8 Å². The Balaban J connectivity index is 1.04. The number of anilines is 6. The highest BCUT2D eigenvalue weighted by molar-refractivity contribution is 7.37. The average Bonchev–Trinajstić information content (AvgIpc) is 4.41. The number of nitrogens with zero attached hydrogens (tertiary/aromatic N) is 2. The van der Waals surface area contributed by atoms with Crippen LogP contribution in [0.1, 0.15) is 126 Å². The highest BCUT2D eigenvalue weighted by atomic mass is 32.1. The van der Waals surface area contributed by atoms with Gasteiger partial charge in [-0.2, -0.15) is 0 Å². The van der Waals surface area contributed by atoms with Crippen molar-refractivity contribution in [3.8, 4) is 44.5 Å². The van der Waals surface area contributed by atoms with Gasteiger partial charge in [0.2, 0.25) is 0 Å². The zero-order valence-electron chi connectivity index (χ0n) is 46.5. The molecule has 4 heterocycles. The van der Waals surface area contributed by atoms with Gasteiger partial charge >= 0.3 is 0 Å². The third-order valence-corrected chi connectivity index (χ3v) is 21.9. The molecule has 0 atom stereocenters. The van der Waals surface area contributed by atoms with E-state index in [9.17, 15) is 0 Å². The molecule has 4 aliphatic carbocycles. The van der Waals surface area contributed by atoms with Crippen LogP contribution in [0.5, 0.6) is 0 Å². The van der Waals surface area contributed by atoms with Gasteiger partial charge in [-0.15, -0.1) is 22.7 Å². The molecule has 0 saturated carbocycles. The van der Waals surface area contributed by atoms with Gasteiger partial charge in [0, 0.05) is 53.2 Å². The van der Waals surface area contributed by atoms with E-state index in [0.717, 1.165) is 0 Å². The van der Waals surface area contributed by atoms with Crippen LogP contribution in [0.4, 0.5) is 34.1 Å². The van der Waals surface area contributed by atoms with Crippen LogP contribution in [-0.4, -0.2) is 6.71 Å². The Kier molecular flexibility index (Phi) is 9.45. The maximum atomic E-state index is 2.72. The van der Waals surface area contributed by atoms with Crippen molar-refractivity contribution in [1.82, 2.24) is 0 Å². The SMILES string of the molecule is Cc1cc2c3c(c1)N(c1ccc(C(C)C)cc1)c1c(sc4c1-c1ccc(C(C)(C)C)cc1C41c4ccccc4-c4ccccc41)B3c1sc3c(c1N2c1ccc(C(C)C)cc1)-c1ccccc1C31c2ccccc2-c2ccccc21. The van der Waals surface area contributed by atoms with Gasteiger partial charge in [0.1, 0.15) is 0 Å². The molecule has 0 bridgehead atoms. The molecule has 0 amide bonds. The van der Waals surface area contributed by atoms with E-state index in [4.69, 9.17) is 0 Å². The summed E-state index contributed by atoms with van der Waals surface area (Å²) in [4.78, 5) is 8.30. The van der Waals surface area contributed by atoms with Crippen molar-refractivity contribution < 1.29 is 0 Å². The lowest BCUT2D eigenvalue weighted by Crippen LogP contribution is -2.59. The average molecular weight is 1060 g/mol. The molecule has 2 nitrogen and oxygen atoms in total. The molecule has 0 saturated heterocycles. The zero-order chi connectivity index (χ0) is 53.9. The number of fused-ring (bicyclic) bond motifs is 26. The molecule has 384 valence electrons. The standard InChI is InChI=1S/C75H59BN2S2/c1-42(2)45-29-34-48(35-30-45)77-62-39-44(5)40-63-66(62)76(71-67(77)64-54-23-13-18-28-60(54)74(69(64)79-71)56-24-14-9-19-50(56)51-20-10-15-25-57(51)74)72-68(78(63)49-36-31-46(32-37-49)43(3)4)65-55-38-33-47(73(6,7)8)41-61(55)75(70(65)80-72)58-26-16-11-21-52(58)53-22-12-17-27-59(53)75/h9-43H,1-8H3. The van der Waals surface area contributed by atoms with E-state index in [1.165, 1.54) is 159 Å². The third-order valence-electron chi connectivity index (χ3n) is 19.2. The number of hydrogen-bond acceptors (Lipinski definition) is 4. The first-order chi connectivity index (χ1) is 38.9. The van der Waals surface area contributed by atoms with Crippen molar-refractivity contribution in [2.45, 2.75) is 83.5 Å². The summed E-state index contributed by atoms with van der Waals surface area (Å²) in [5, 5.41) is 0. The normalized spacial score (nSPS) is 15.3. The molecule has 9 aromatic carbocycles. The Morgan fingerprint density at radius 2 is 0.775 bits per heavy atom. The highest BCUT2D eigenvalue weighted by Crippen LogP contribution is 2.70. The van der Waals surface area contributed by atoms with Gasteiger partial charge in [0.05, 0.1) is 22.2 Å². The van der Waals surface area contributed by atoms with Gasteiger partial charge in [-0.25, -0.2) is 0 Å². The summed E-state index contributed by atoms with van der Waals surface area (Å²) >= 11 is 4.20. The quantitative estimate of drug-likeness (QED) is 0.162. The Labute approximate surface area is 478 Å². The molecule has 2 spiro atoms. The summed E-state index contributed by atoms with van der Waals surface area (Å²) in [7, 11) is 0. The number of rotatable bonds is 4. The lowest BCUT2D eigenvalue weighted by Gasteiger charge is -2.43. The molecule has 2 aromatic heterocycles. The molecule has 0 unspecified atom stereocenters. The molecule has 0 radical (unpaired) electrons.